The monoisotopic (exact) mass is 295 g/mol. The summed E-state index contributed by atoms with van der Waals surface area (Å²) in [6.07, 6.45) is 3.19. The van der Waals surface area contributed by atoms with E-state index in [2.05, 4.69) is 27.1 Å². The Kier molecular flexibility index (Phi) is 35.2. The van der Waals surface area contributed by atoms with Gasteiger partial charge in [-0.05, 0) is 7.11 Å². The predicted molar refractivity (Wildman–Crippen MR) is 25.6 cm³/mol. The van der Waals surface area contributed by atoms with Crippen LogP contribution in [-0.2, 0) is 43.4 Å². The van der Waals surface area contributed by atoms with Crippen LogP contribution in [0, 0.1) is 7.11 Å². The molecule has 0 aliphatic heterocycles. The van der Waals surface area contributed by atoms with Crippen molar-refractivity contribution in [3.8, 4) is 0 Å². The van der Waals surface area contributed by atoms with E-state index in [9.17, 15) is 0 Å². The van der Waals surface area contributed by atoms with E-state index in [1.807, 2.05) is 0 Å². The molecule has 1 nitrogen and oxygen atoms in total. The molecule has 0 rings (SSSR count). The van der Waals surface area contributed by atoms with Gasteiger partial charge in [-0.15, -0.1) is 0 Å². The molecule has 1 unspecified atom stereocenters. The minimum Gasteiger partial charge on any atom is -0.587 e. The van der Waals surface area contributed by atoms with Crippen LogP contribution >= 0.6 is 9.24 Å². The van der Waals surface area contributed by atoms with Crippen molar-refractivity contribution in [1.29, 1.82) is 0 Å². The molecule has 0 amide bonds. The number of carbonyl (C=O) groups excluding carboxylic acids is 1. The minimum atomic E-state index is 0. The Hall–Kier alpha value is 1.22. The van der Waals surface area contributed by atoms with Crippen LogP contribution in [0.25, 0.3) is 0 Å². The van der Waals surface area contributed by atoms with Gasteiger partial charge in [-0.3, -0.25) is 0 Å². The zero-order valence-corrected chi connectivity index (χ0v) is 8.00. The Balaban J connectivity index is -0.0000000800. The second-order valence-electron chi connectivity index (χ2n) is 0.493. The SMILES string of the molecule is [CH2-][O+]=[C-]CP.[Rh].[Rh]. The topological polar surface area (TPSA) is 11.3 Å². The molecule has 1 atom stereocenters. The van der Waals surface area contributed by atoms with E-state index < -0.39 is 0 Å². The Morgan fingerprint density at radius 1 is 1.57 bits per heavy atom. The molecule has 2 radical (unpaired) electrons. The molecule has 0 aliphatic rings. The summed E-state index contributed by atoms with van der Waals surface area (Å²) in [5.74, 6) is 0. The van der Waals surface area contributed by atoms with Gasteiger partial charge in [0.1, 0.15) is 0 Å². The molecule has 4 heteroatoms. The molecular weight excluding hydrogens is 289 g/mol. The molecule has 0 fully saturated rings. The molecule has 0 aromatic rings. The van der Waals surface area contributed by atoms with Crippen molar-refractivity contribution < 1.29 is 43.4 Å². The van der Waals surface area contributed by atoms with Crippen LogP contribution in [0.1, 0.15) is 0 Å². The molecule has 48 valence electrons. The number of rotatable bonds is 1. The predicted octanol–water partition coefficient (Wildman–Crippen LogP) is 0.293. The smallest absolute Gasteiger partial charge is 0 e. The molecule has 0 aromatic heterocycles. The third kappa shape index (κ3) is 19.0. The molecule has 0 spiro atoms. The second-order valence-corrected chi connectivity index (χ2v) is 0.901. The average Bonchev–Trinajstić information content (AvgIpc) is 1.41. The average molecular weight is 295 g/mol. The zero-order chi connectivity index (χ0) is 4.12. The summed E-state index contributed by atoms with van der Waals surface area (Å²) >= 11 is 0. The van der Waals surface area contributed by atoms with E-state index in [1.165, 1.54) is 0 Å². The van der Waals surface area contributed by atoms with Crippen molar-refractivity contribution in [2.75, 3.05) is 6.16 Å². The summed E-state index contributed by atoms with van der Waals surface area (Å²) in [6.45, 7) is 0. The molecule has 0 N–H and O–H groups in total. The van der Waals surface area contributed by atoms with Gasteiger partial charge in [0.2, 0.25) is 0 Å². The van der Waals surface area contributed by atoms with Gasteiger partial charge in [-0.25, -0.2) is 0 Å². The van der Waals surface area contributed by atoms with Crippen LogP contribution in [0.15, 0.2) is 0 Å². The first-order valence-corrected chi connectivity index (χ1v) is 2.07. The Morgan fingerprint density at radius 3 is 2.00 bits per heavy atom. The van der Waals surface area contributed by atoms with E-state index in [-0.39, 0.29) is 39.0 Å². The Labute approximate surface area is 72.0 Å². The summed E-state index contributed by atoms with van der Waals surface area (Å²) in [7, 11) is 5.47. The largest absolute Gasteiger partial charge is 0.587 e. The standard InChI is InChI=1S/C3H6OP.2Rh/c1-4-2-3-5;;/h1,3,5H2;;/q-1;;. The fourth-order valence-corrected chi connectivity index (χ4v) is 0.177. The molecule has 0 aromatic carbocycles. The maximum absolute atomic E-state index is 4.17. The maximum Gasteiger partial charge on any atom is 0 e. The summed E-state index contributed by atoms with van der Waals surface area (Å²) in [6, 6.07) is 0. The zero-order valence-electron chi connectivity index (χ0n) is 3.57. The molecule has 0 saturated heterocycles. The van der Waals surface area contributed by atoms with Crippen LogP contribution in [0.5, 0.6) is 0 Å². The van der Waals surface area contributed by atoms with Crippen molar-refractivity contribution in [2.45, 2.75) is 0 Å². The second kappa shape index (κ2) is 15.7. The fraction of sp³-hybridized carbons (Fsp3) is 0.333. The van der Waals surface area contributed by atoms with Gasteiger partial charge in [0.05, 0.1) is 0 Å². The normalized spacial score (nSPS) is 7.00. The molecule has 7 heavy (non-hydrogen) atoms. The van der Waals surface area contributed by atoms with Crippen LogP contribution < -0.4 is 0 Å². The summed E-state index contributed by atoms with van der Waals surface area (Å²) in [4.78, 5) is 0. The fourth-order valence-electron chi connectivity index (χ4n) is 0.0589. The Morgan fingerprint density at radius 2 is 2.00 bits per heavy atom. The maximum atomic E-state index is 4.17. The van der Waals surface area contributed by atoms with Crippen LogP contribution in [0.4, 0.5) is 0 Å². The van der Waals surface area contributed by atoms with Crippen molar-refractivity contribution >= 4 is 15.5 Å². The molecule has 0 saturated carbocycles. The van der Waals surface area contributed by atoms with Gasteiger partial charge >= 0.3 is 0 Å². The summed E-state index contributed by atoms with van der Waals surface area (Å²) in [5.41, 5.74) is 0. The van der Waals surface area contributed by atoms with E-state index in [0.29, 0.717) is 0 Å². The van der Waals surface area contributed by atoms with Gasteiger partial charge in [-0.1, -0.05) is 12.4 Å². The van der Waals surface area contributed by atoms with Crippen molar-refractivity contribution in [3.63, 3.8) is 0 Å². The van der Waals surface area contributed by atoms with Gasteiger partial charge < -0.3 is 4.42 Å². The number of hydrogen-bond acceptors (Lipinski definition) is 0. The van der Waals surface area contributed by atoms with E-state index in [0.717, 1.165) is 6.16 Å². The van der Waals surface area contributed by atoms with Crippen LogP contribution in [0.2, 0.25) is 0 Å². The van der Waals surface area contributed by atoms with Gasteiger partial charge in [0, 0.05) is 39.0 Å². The van der Waals surface area contributed by atoms with Crippen molar-refractivity contribution in [3.05, 3.63) is 7.11 Å². The third-order valence-corrected chi connectivity index (χ3v) is 0.352. The molecule has 0 aliphatic carbocycles. The van der Waals surface area contributed by atoms with Crippen LogP contribution in [0.3, 0.4) is 0 Å². The van der Waals surface area contributed by atoms with Crippen LogP contribution in [-0.4, -0.2) is 12.4 Å². The third-order valence-electron chi connectivity index (χ3n) is 0.185. The van der Waals surface area contributed by atoms with E-state index >= 15 is 0 Å². The van der Waals surface area contributed by atoms with Crippen molar-refractivity contribution in [1.82, 2.24) is 0 Å². The minimum absolute atomic E-state index is 0. The van der Waals surface area contributed by atoms with E-state index in [1.54, 1.807) is 0 Å². The summed E-state index contributed by atoms with van der Waals surface area (Å²) < 4.78 is 4.17. The molecule has 0 bridgehead atoms. The Bertz CT molecular complexity index is 39.9. The number of hydrogen-bond donors (Lipinski definition) is 0. The van der Waals surface area contributed by atoms with Gasteiger partial charge in [-0.2, -0.15) is 9.24 Å². The summed E-state index contributed by atoms with van der Waals surface area (Å²) in [5, 5.41) is 0. The van der Waals surface area contributed by atoms with Crippen molar-refractivity contribution in [2.24, 2.45) is 0 Å². The molecule has 0 heterocycles. The van der Waals surface area contributed by atoms with Gasteiger partial charge in [0.15, 0.2) is 0 Å². The first kappa shape index (κ1) is 15.7. The first-order valence-electron chi connectivity index (χ1n) is 1.25. The quantitative estimate of drug-likeness (QED) is 0.285. The van der Waals surface area contributed by atoms with E-state index in [4.69, 9.17) is 0 Å². The van der Waals surface area contributed by atoms with Gasteiger partial charge in [0.25, 0.3) is 0 Å². The first-order chi connectivity index (χ1) is 2.41. The molecular formula is C3H6OPRh2-.